The van der Waals surface area contributed by atoms with Crippen LogP contribution in [0.4, 0.5) is 0 Å². The molecule has 0 bridgehead atoms. The van der Waals surface area contributed by atoms with E-state index in [1.165, 1.54) is 10.8 Å². The van der Waals surface area contributed by atoms with Gasteiger partial charge in [0.05, 0.1) is 11.2 Å². The van der Waals surface area contributed by atoms with Gasteiger partial charge in [0, 0.05) is 16.2 Å². The van der Waals surface area contributed by atoms with Crippen LogP contribution in [0, 0.1) is 0 Å². The van der Waals surface area contributed by atoms with Crippen LogP contribution in [0.3, 0.4) is 0 Å². The van der Waals surface area contributed by atoms with Crippen LogP contribution >= 0.6 is 0 Å². The van der Waals surface area contributed by atoms with Crippen LogP contribution in [0.5, 0.6) is 0 Å². The van der Waals surface area contributed by atoms with Gasteiger partial charge in [0.2, 0.25) is 0 Å². The highest BCUT2D eigenvalue weighted by atomic mass is 16.1. The second kappa shape index (κ2) is 10.4. The fraction of sp³-hybridized carbons (Fsp3) is 0.0682. The predicted molar refractivity (Wildman–Crippen MR) is 196 cm³/mol. The Labute approximate surface area is 268 Å². The summed E-state index contributed by atoms with van der Waals surface area (Å²) in [5, 5.41) is 5.17. The molecule has 2 nitrogen and oxygen atoms in total. The number of hydrogen-bond donors (Lipinski definition) is 0. The molecule has 1 aromatic heterocycles. The van der Waals surface area contributed by atoms with Crippen LogP contribution in [-0.4, -0.2) is 4.57 Å². The summed E-state index contributed by atoms with van der Waals surface area (Å²) in [7, 11) is 0. The third-order valence-electron chi connectivity index (χ3n) is 9.70. The molecule has 0 atom stereocenters. The Hall–Kier alpha value is -5.73. The van der Waals surface area contributed by atoms with Crippen molar-refractivity contribution >= 4 is 38.0 Å². The van der Waals surface area contributed by atoms with E-state index < -0.39 is 0 Å². The summed E-state index contributed by atoms with van der Waals surface area (Å²) in [5.41, 5.74) is 10.3. The first-order valence-electron chi connectivity index (χ1n) is 15.7. The Morgan fingerprint density at radius 2 is 1.35 bits per heavy atom. The van der Waals surface area contributed by atoms with Crippen molar-refractivity contribution in [3.8, 4) is 27.9 Å². The van der Waals surface area contributed by atoms with Gasteiger partial charge in [-0.15, -0.1) is 0 Å². The van der Waals surface area contributed by atoms with Crippen LogP contribution in [0.15, 0.2) is 158 Å². The zero-order valence-electron chi connectivity index (χ0n) is 26.0. The van der Waals surface area contributed by atoms with Gasteiger partial charge in [-0.2, -0.15) is 0 Å². The van der Waals surface area contributed by atoms with Crippen molar-refractivity contribution in [1.29, 1.82) is 0 Å². The van der Waals surface area contributed by atoms with E-state index in [1.807, 2.05) is 28.9 Å². The number of nitrogens with zero attached hydrogens (tertiary/aromatic N) is 1. The third kappa shape index (κ3) is 4.14. The van der Waals surface area contributed by atoms with Crippen LogP contribution in [0.2, 0.25) is 0 Å². The molecule has 0 fully saturated rings. The molecule has 0 amide bonds. The molecule has 0 radical (unpaired) electrons. The fourth-order valence-electron chi connectivity index (χ4n) is 7.27. The van der Waals surface area contributed by atoms with Gasteiger partial charge >= 0.3 is 0 Å². The minimum Gasteiger partial charge on any atom is -0.276 e. The van der Waals surface area contributed by atoms with E-state index in [-0.39, 0.29) is 11.0 Å². The highest BCUT2D eigenvalue weighted by Crippen LogP contribution is 2.47. The largest absolute Gasteiger partial charge is 0.276 e. The van der Waals surface area contributed by atoms with Crippen molar-refractivity contribution in [3.05, 3.63) is 180 Å². The molecule has 2 heteroatoms. The molecule has 0 spiro atoms. The summed E-state index contributed by atoms with van der Waals surface area (Å²) in [5.74, 6) is 0. The summed E-state index contributed by atoms with van der Waals surface area (Å²) in [4.78, 5) is 14.6. The average Bonchev–Trinajstić information content (AvgIpc) is 3.10. The predicted octanol–water partition coefficient (Wildman–Crippen LogP) is 11.0. The lowest BCUT2D eigenvalue weighted by molar-refractivity contribution is 0.626. The minimum atomic E-state index is -0.384. The smallest absolute Gasteiger partial charge is 0.263 e. The van der Waals surface area contributed by atoms with Gasteiger partial charge in [0.1, 0.15) is 0 Å². The average molecular weight is 592 g/mol. The molecule has 0 saturated carbocycles. The van der Waals surface area contributed by atoms with Crippen molar-refractivity contribution in [2.24, 2.45) is 0 Å². The van der Waals surface area contributed by atoms with Crippen molar-refractivity contribution in [1.82, 2.24) is 4.57 Å². The van der Waals surface area contributed by atoms with E-state index in [9.17, 15) is 4.79 Å². The number of hydrogen-bond acceptors (Lipinski definition) is 1. The van der Waals surface area contributed by atoms with Crippen molar-refractivity contribution in [2.75, 3.05) is 0 Å². The Kier molecular flexibility index (Phi) is 6.30. The Balaban J connectivity index is 1.48. The molecule has 8 rings (SSSR count). The summed E-state index contributed by atoms with van der Waals surface area (Å²) >= 11 is 0. The molecule has 6 aromatic carbocycles. The first-order valence-corrected chi connectivity index (χ1v) is 15.7. The molecule has 0 saturated heterocycles. The third-order valence-corrected chi connectivity index (χ3v) is 9.70. The van der Waals surface area contributed by atoms with Gasteiger partial charge in [-0.1, -0.05) is 124 Å². The summed E-state index contributed by atoms with van der Waals surface area (Å²) in [6.07, 6.45) is 5.61. The number of pyridine rings is 1. The highest BCUT2D eigenvalue weighted by molar-refractivity contribution is 6.11. The van der Waals surface area contributed by atoms with Crippen LogP contribution in [-0.2, 0) is 5.41 Å². The lowest BCUT2D eigenvalue weighted by atomic mass is 9.72. The minimum absolute atomic E-state index is 0.00338. The van der Waals surface area contributed by atoms with E-state index in [2.05, 4.69) is 136 Å². The second-order valence-electron chi connectivity index (χ2n) is 12.7. The van der Waals surface area contributed by atoms with Gasteiger partial charge in [0.15, 0.2) is 0 Å². The summed E-state index contributed by atoms with van der Waals surface area (Å²) < 4.78 is 1.95. The van der Waals surface area contributed by atoms with Crippen molar-refractivity contribution in [3.63, 3.8) is 0 Å². The molecule has 0 aliphatic carbocycles. The Morgan fingerprint density at radius 3 is 2.13 bits per heavy atom. The zero-order chi connectivity index (χ0) is 31.6. The maximum atomic E-state index is 14.6. The van der Waals surface area contributed by atoms with Crippen LogP contribution in [0.1, 0.15) is 30.5 Å². The monoisotopic (exact) mass is 591 g/mol. The lowest BCUT2D eigenvalue weighted by Gasteiger charge is -2.36. The van der Waals surface area contributed by atoms with Crippen molar-refractivity contribution in [2.45, 2.75) is 19.3 Å². The van der Waals surface area contributed by atoms with E-state index in [4.69, 9.17) is 0 Å². The Bertz CT molecular complexity index is 2490. The van der Waals surface area contributed by atoms with Gasteiger partial charge in [-0.3, -0.25) is 9.36 Å². The molecular weight excluding hydrogens is 558 g/mol. The number of fused-ring (bicyclic) bond motifs is 5. The molecule has 0 unspecified atom stereocenters. The van der Waals surface area contributed by atoms with Gasteiger partial charge < -0.3 is 0 Å². The molecule has 7 aromatic rings. The van der Waals surface area contributed by atoms with E-state index >= 15 is 0 Å². The molecule has 2 heterocycles. The number of allylic oxidation sites excluding steroid dienone is 4. The molecule has 46 heavy (non-hydrogen) atoms. The molecular formula is C44H33NO. The van der Waals surface area contributed by atoms with E-state index in [0.29, 0.717) is 5.39 Å². The zero-order valence-corrected chi connectivity index (χ0v) is 26.0. The Morgan fingerprint density at radius 1 is 0.630 bits per heavy atom. The molecule has 1 aliphatic heterocycles. The van der Waals surface area contributed by atoms with Crippen molar-refractivity contribution < 1.29 is 0 Å². The number of rotatable bonds is 5. The summed E-state index contributed by atoms with van der Waals surface area (Å²) in [6.45, 7) is 12.5. The second-order valence-corrected chi connectivity index (χ2v) is 12.7. The topological polar surface area (TPSA) is 22.0 Å². The van der Waals surface area contributed by atoms with Crippen LogP contribution in [0.25, 0.3) is 66.0 Å². The van der Waals surface area contributed by atoms with E-state index in [1.54, 1.807) is 6.08 Å². The maximum Gasteiger partial charge on any atom is 0.263 e. The SMILES string of the molecule is C=C/C=C(\C=C)c1ccc2c(c1)C(C)(C)c1cc(-c3ccccc3)cc3c4cc(-c5ccc6ccccc6c5)ccc4c(=O)n-2c13. The normalized spacial score (nSPS) is 13.6. The fourth-order valence-corrected chi connectivity index (χ4v) is 7.27. The lowest BCUT2D eigenvalue weighted by Crippen LogP contribution is -2.32. The van der Waals surface area contributed by atoms with Gasteiger partial charge in [0.25, 0.3) is 5.56 Å². The first kappa shape index (κ1) is 27.8. The quantitative estimate of drug-likeness (QED) is 0.144. The van der Waals surface area contributed by atoms with E-state index in [0.717, 1.165) is 66.5 Å². The van der Waals surface area contributed by atoms with Gasteiger partial charge in [-0.05, 0) is 103 Å². The maximum absolute atomic E-state index is 14.6. The molecule has 220 valence electrons. The van der Waals surface area contributed by atoms with Gasteiger partial charge in [-0.25, -0.2) is 0 Å². The number of aromatic nitrogens is 1. The van der Waals surface area contributed by atoms with Crippen LogP contribution < -0.4 is 5.56 Å². The summed E-state index contributed by atoms with van der Waals surface area (Å²) in [6, 6.07) is 42.8. The first-order chi connectivity index (χ1) is 22.4. The highest BCUT2D eigenvalue weighted by Gasteiger charge is 2.36. The standard InChI is InChI=1S/C44H33NO/c1-5-12-28(6-2)34-20-22-41-39(26-34)44(3,4)40-27-35(29-13-8-7-9-14-29)25-38-37-24-33(19-21-36(37)43(46)45(41)42(38)40)32-18-17-30-15-10-11-16-31(30)23-32/h5-27H,1-2H2,3-4H3/b28-12+. The number of benzene rings is 6. The molecule has 1 aliphatic rings. The molecule has 0 N–H and O–H groups in total.